The van der Waals surface area contributed by atoms with Crippen molar-refractivity contribution in [2.75, 3.05) is 33.2 Å². The lowest BCUT2D eigenvalue weighted by molar-refractivity contribution is 0.150. The molecule has 0 radical (unpaired) electrons. The third kappa shape index (κ3) is 3.87. The van der Waals surface area contributed by atoms with Gasteiger partial charge in [0.15, 0.2) is 0 Å². The number of hydrogen-bond acceptors (Lipinski definition) is 2. The molecule has 0 aromatic heterocycles. The molecule has 2 rings (SSSR count). The molecular formula is C14H27N3O. The highest BCUT2D eigenvalue weighted by Crippen LogP contribution is 2.13. The number of rotatable bonds is 3. The van der Waals surface area contributed by atoms with Crippen molar-refractivity contribution in [2.24, 2.45) is 0 Å². The Hall–Kier alpha value is -0.770. The van der Waals surface area contributed by atoms with Gasteiger partial charge in [0.25, 0.3) is 0 Å². The molecule has 18 heavy (non-hydrogen) atoms. The number of nitrogens with one attached hydrogen (secondary N) is 1. The summed E-state index contributed by atoms with van der Waals surface area (Å²) in [4.78, 5) is 16.1. The van der Waals surface area contributed by atoms with E-state index in [0.29, 0.717) is 6.04 Å². The molecule has 0 spiro atoms. The van der Waals surface area contributed by atoms with Gasteiger partial charge in [0.05, 0.1) is 0 Å². The zero-order valence-electron chi connectivity index (χ0n) is 11.7. The highest BCUT2D eigenvalue weighted by Gasteiger charge is 2.21. The van der Waals surface area contributed by atoms with Crippen molar-refractivity contribution in [1.82, 2.24) is 15.1 Å². The van der Waals surface area contributed by atoms with Crippen molar-refractivity contribution in [3.63, 3.8) is 0 Å². The Morgan fingerprint density at radius 2 is 2.00 bits per heavy atom. The number of amides is 2. The van der Waals surface area contributed by atoms with Gasteiger partial charge in [-0.25, -0.2) is 4.79 Å². The molecule has 0 bridgehead atoms. The molecule has 1 unspecified atom stereocenters. The predicted molar refractivity (Wildman–Crippen MR) is 73.7 cm³/mol. The summed E-state index contributed by atoms with van der Waals surface area (Å²) in [6, 6.07) is 0.848. The van der Waals surface area contributed by atoms with E-state index in [9.17, 15) is 4.79 Å². The van der Waals surface area contributed by atoms with Gasteiger partial charge in [0.2, 0.25) is 0 Å². The first-order valence-electron chi connectivity index (χ1n) is 7.51. The number of carbonyl (C=O) groups is 1. The SMILES string of the molecule is CN(CCC1CCCCN1)C(=O)N1CCCCC1. The molecule has 2 saturated heterocycles. The first-order valence-corrected chi connectivity index (χ1v) is 7.51. The molecule has 1 N–H and O–H groups in total. The summed E-state index contributed by atoms with van der Waals surface area (Å²) in [5.74, 6) is 0. The van der Waals surface area contributed by atoms with Crippen molar-refractivity contribution in [1.29, 1.82) is 0 Å². The summed E-state index contributed by atoms with van der Waals surface area (Å²) >= 11 is 0. The summed E-state index contributed by atoms with van der Waals surface area (Å²) in [7, 11) is 1.94. The van der Waals surface area contributed by atoms with Gasteiger partial charge in [-0.15, -0.1) is 0 Å². The molecule has 0 aromatic carbocycles. The number of likely N-dealkylation sites (tertiary alicyclic amines) is 1. The first kappa shape index (κ1) is 13.7. The van der Waals surface area contributed by atoms with E-state index in [1.54, 1.807) is 0 Å². The van der Waals surface area contributed by atoms with Gasteiger partial charge in [-0.3, -0.25) is 0 Å². The monoisotopic (exact) mass is 253 g/mol. The molecule has 2 aliphatic heterocycles. The molecule has 2 heterocycles. The summed E-state index contributed by atoms with van der Waals surface area (Å²) in [6.07, 6.45) is 8.62. The minimum atomic E-state index is 0.227. The standard InChI is InChI=1S/C14H27N3O/c1-16(12-8-13-7-3-4-9-15-13)14(18)17-10-5-2-6-11-17/h13,15H,2-12H2,1H3. The third-order valence-corrected chi connectivity index (χ3v) is 4.18. The van der Waals surface area contributed by atoms with Gasteiger partial charge in [-0.05, 0) is 45.1 Å². The van der Waals surface area contributed by atoms with Crippen LogP contribution >= 0.6 is 0 Å². The maximum atomic E-state index is 12.2. The molecule has 104 valence electrons. The Kier molecular flexibility index (Phi) is 5.29. The fourth-order valence-electron chi connectivity index (χ4n) is 2.94. The normalized spacial score (nSPS) is 24.9. The fourth-order valence-corrected chi connectivity index (χ4v) is 2.94. The lowest BCUT2D eigenvalue weighted by atomic mass is 10.0. The third-order valence-electron chi connectivity index (χ3n) is 4.18. The number of carbonyl (C=O) groups excluding carboxylic acids is 1. The van der Waals surface area contributed by atoms with Crippen molar-refractivity contribution < 1.29 is 4.79 Å². The van der Waals surface area contributed by atoms with Crippen molar-refractivity contribution in [3.05, 3.63) is 0 Å². The molecular weight excluding hydrogens is 226 g/mol. The molecule has 4 heteroatoms. The second kappa shape index (κ2) is 6.98. The van der Waals surface area contributed by atoms with Gasteiger partial charge >= 0.3 is 6.03 Å². The van der Waals surface area contributed by atoms with E-state index >= 15 is 0 Å². The fraction of sp³-hybridized carbons (Fsp3) is 0.929. The molecule has 2 aliphatic rings. The average molecular weight is 253 g/mol. The van der Waals surface area contributed by atoms with Gasteiger partial charge in [0.1, 0.15) is 0 Å². The second-order valence-corrected chi connectivity index (χ2v) is 5.69. The van der Waals surface area contributed by atoms with Gasteiger partial charge in [-0.1, -0.05) is 6.42 Å². The smallest absolute Gasteiger partial charge is 0.319 e. The Balaban J connectivity index is 1.69. The summed E-state index contributed by atoms with van der Waals surface area (Å²) in [6.45, 7) is 3.93. The van der Waals surface area contributed by atoms with E-state index in [0.717, 1.165) is 32.6 Å². The van der Waals surface area contributed by atoms with Crippen LogP contribution in [0.1, 0.15) is 44.9 Å². The largest absolute Gasteiger partial charge is 0.328 e. The van der Waals surface area contributed by atoms with Crippen LogP contribution in [0.3, 0.4) is 0 Å². The van der Waals surface area contributed by atoms with Crippen LogP contribution in [0.2, 0.25) is 0 Å². The minimum absolute atomic E-state index is 0.227. The van der Waals surface area contributed by atoms with Crippen LogP contribution < -0.4 is 5.32 Å². The van der Waals surface area contributed by atoms with Crippen LogP contribution in [0, 0.1) is 0 Å². The van der Waals surface area contributed by atoms with Crippen molar-refractivity contribution >= 4 is 6.03 Å². The molecule has 1 atom stereocenters. The number of nitrogens with zero attached hydrogens (tertiary/aromatic N) is 2. The first-order chi connectivity index (χ1) is 8.77. The zero-order chi connectivity index (χ0) is 12.8. The Morgan fingerprint density at radius 1 is 1.22 bits per heavy atom. The molecule has 0 saturated carbocycles. The number of hydrogen-bond donors (Lipinski definition) is 1. The maximum Gasteiger partial charge on any atom is 0.319 e. The quantitative estimate of drug-likeness (QED) is 0.835. The van der Waals surface area contributed by atoms with E-state index in [4.69, 9.17) is 0 Å². The van der Waals surface area contributed by atoms with Gasteiger partial charge in [-0.2, -0.15) is 0 Å². The van der Waals surface area contributed by atoms with Gasteiger partial charge in [0, 0.05) is 32.7 Å². The van der Waals surface area contributed by atoms with Crippen molar-refractivity contribution in [3.8, 4) is 0 Å². The summed E-state index contributed by atoms with van der Waals surface area (Å²) in [5.41, 5.74) is 0. The van der Waals surface area contributed by atoms with Crippen LogP contribution in [-0.2, 0) is 0 Å². The summed E-state index contributed by atoms with van der Waals surface area (Å²) < 4.78 is 0. The summed E-state index contributed by atoms with van der Waals surface area (Å²) in [5, 5.41) is 3.54. The van der Waals surface area contributed by atoms with Gasteiger partial charge < -0.3 is 15.1 Å². The van der Waals surface area contributed by atoms with E-state index in [1.165, 1.54) is 38.5 Å². The molecule has 0 aromatic rings. The Morgan fingerprint density at radius 3 is 2.67 bits per heavy atom. The minimum Gasteiger partial charge on any atom is -0.328 e. The van der Waals surface area contributed by atoms with Crippen LogP contribution in [-0.4, -0.2) is 55.1 Å². The zero-order valence-corrected chi connectivity index (χ0v) is 11.7. The van der Waals surface area contributed by atoms with Crippen LogP contribution in [0.4, 0.5) is 4.79 Å². The maximum absolute atomic E-state index is 12.2. The van der Waals surface area contributed by atoms with E-state index < -0.39 is 0 Å². The van der Waals surface area contributed by atoms with E-state index in [1.807, 2.05) is 16.8 Å². The predicted octanol–water partition coefficient (Wildman–Crippen LogP) is 2.06. The second-order valence-electron chi connectivity index (χ2n) is 5.69. The van der Waals surface area contributed by atoms with E-state index in [2.05, 4.69) is 5.32 Å². The highest BCUT2D eigenvalue weighted by atomic mass is 16.2. The topological polar surface area (TPSA) is 35.6 Å². The number of urea groups is 1. The van der Waals surface area contributed by atoms with E-state index in [-0.39, 0.29) is 6.03 Å². The lowest BCUT2D eigenvalue weighted by Gasteiger charge is -2.32. The average Bonchev–Trinajstić information content (AvgIpc) is 2.46. The number of piperidine rings is 2. The highest BCUT2D eigenvalue weighted by molar-refractivity contribution is 5.74. The molecule has 4 nitrogen and oxygen atoms in total. The van der Waals surface area contributed by atoms with Crippen LogP contribution in [0.25, 0.3) is 0 Å². The molecule has 2 fully saturated rings. The van der Waals surface area contributed by atoms with Crippen molar-refractivity contribution in [2.45, 2.75) is 51.0 Å². The lowest BCUT2D eigenvalue weighted by Crippen LogP contribution is -2.45. The molecule has 2 amide bonds. The Labute approximate surface area is 111 Å². The Bertz CT molecular complexity index is 258. The molecule has 0 aliphatic carbocycles. The van der Waals surface area contributed by atoms with Crippen LogP contribution in [0.5, 0.6) is 0 Å². The van der Waals surface area contributed by atoms with Crippen LogP contribution in [0.15, 0.2) is 0 Å².